The number of hydrogen-bond donors (Lipinski definition) is 0. The Labute approximate surface area is 121 Å². The van der Waals surface area contributed by atoms with Crippen molar-refractivity contribution in [1.29, 1.82) is 0 Å². The topological polar surface area (TPSA) is 35.0 Å². The van der Waals surface area contributed by atoms with Gasteiger partial charge in [0, 0.05) is 0 Å². The van der Waals surface area contributed by atoms with Crippen molar-refractivity contribution in [3.05, 3.63) is 72.1 Å². The lowest BCUT2D eigenvalue weighted by atomic mass is 10.1. The third kappa shape index (κ3) is 2.78. The Morgan fingerprint density at radius 2 is 1.55 bits per heavy atom. The van der Waals surface area contributed by atoms with E-state index < -0.39 is 0 Å². The number of nitrogens with zero attached hydrogens (tertiary/aromatic N) is 2. The quantitative estimate of drug-likeness (QED) is 0.705. The van der Waals surface area contributed by atoms with Gasteiger partial charge in [0.25, 0.3) is 0 Å². The lowest BCUT2D eigenvalue weighted by molar-refractivity contribution is 0.462. The van der Waals surface area contributed by atoms with E-state index in [2.05, 4.69) is 22.1 Å². The predicted octanol–water partition coefficient (Wildman–Crippen LogP) is 4.59. The van der Waals surface area contributed by atoms with E-state index in [4.69, 9.17) is 16.3 Å². The van der Waals surface area contributed by atoms with E-state index >= 15 is 0 Å². The van der Waals surface area contributed by atoms with Gasteiger partial charge in [-0.25, -0.2) is 9.97 Å². The fourth-order valence-electron chi connectivity index (χ4n) is 1.83. The average Bonchev–Trinajstić information content (AvgIpc) is 2.51. The van der Waals surface area contributed by atoms with Crippen molar-refractivity contribution in [2.24, 2.45) is 0 Å². The van der Waals surface area contributed by atoms with E-state index in [9.17, 15) is 0 Å². The first-order valence-electron chi connectivity index (χ1n) is 6.12. The molecular formula is C16H11ClN2O. The van der Waals surface area contributed by atoms with Crippen LogP contribution >= 0.6 is 11.6 Å². The standard InChI is InChI=1S/C16H11ClN2O/c17-15-10-18-11-19-16(15)20-14-8-6-13(7-9-14)12-4-2-1-3-5-12/h1-11H. The van der Waals surface area contributed by atoms with Gasteiger partial charge in [0.05, 0.1) is 6.20 Å². The summed E-state index contributed by atoms with van der Waals surface area (Å²) < 4.78 is 5.62. The Morgan fingerprint density at radius 3 is 2.25 bits per heavy atom. The molecule has 0 aliphatic carbocycles. The van der Waals surface area contributed by atoms with Crippen LogP contribution in [0.15, 0.2) is 67.1 Å². The second-order valence-corrected chi connectivity index (χ2v) is 4.58. The molecule has 0 aliphatic rings. The summed E-state index contributed by atoms with van der Waals surface area (Å²) in [6, 6.07) is 17.9. The third-order valence-corrected chi connectivity index (χ3v) is 3.07. The molecule has 0 atom stereocenters. The molecule has 3 aromatic rings. The van der Waals surface area contributed by atoms with Crippen LogP contribution in [0.2, 0.25) is 5.02 Å². The summed E-state index contributed by atoms with van der Waals surface area (Å²) in [5.74, 6) is 1.04. The van der Waals surface area contributed by atoms with Gasteiger partial charge in [-0.3, -0.25) is 0 Å². The largest absolute Gasteiger partial charge is 0.437 e. The Hall–Kier alpha value is -2.39. The van der Waals surface area contributed by atoms with E-state index in [-0.39, 0.29) is 0 Å². The minimum atomic E-state index is 0.356. The molecule has 0 saturated carbocycles. The summed E-state index contributed by atoms with van der Waals surface area (Å²) in [6.45, 7) is 0. The van der Waals surface area contributed by atoms with Crippen molar-refractivity contribution >= 4 is 11.6 Å². The monoisotopic (exact) mass is 282 g/mol. The van der Waals surface area contributed by atoms with Crippen LogP contribution in [0.25, 0.3) is 11.1 Å². The normalized spacial score (nSPS) is 10.2. The molecule has 20 heavy (non-hydrogen) atoms. The van der Waals surface area contributed by atoms with Crippen LogP contribution < -0.4 is 4.74 Å². The molecule has 0 spiro atoms. The van der Waals surface area contributed by atoms with Crippen molar-refractivity contribution in [2.45, 2.75) is 0 Å². The van der Waals surface area contributed by atoms with Gasteiger partial charge in [0.2, 0.25) is 5.88 Å². The van der Waals surface area contributed by atoms with Crippen LogP contribution in [0, 0.1) is 0 Å². The maximum Gasteiger partial charge on any atom is 0.241 e. The molecule has 0 bridgehead atoms. The molecule has 1 aromatic heterocycles. The van der Waals surface area contributed by atoms with E-state index in [0.717, 1.165) is 5.56 Å². The van der Waals surface area contributed by atoms with Gasteiger partial charge >= 0.3 is 0 Å². The van der Waals surface area contributed by atoms with Crippen molar-refractivity contribution in [1.82, 2.24) is 9.97 Å². The number of hydrogen-bond acceptors (Lipinski definition) is 3. The van der Waals surface area contributed by atoms with Gasteiger partial charge in [-0.05, 0) is 23.3 Å². The second-order valence-electron chi connectivity index (χ2n) is 4.17. The number of benzene rings is 2. The first kappa shape index (κ1) is 12.6. The number of rotatable bonds is 3. The summed E-state index contributed by atoms with van der Waals surface area (Å²) in [5, 5.41) is 0.389. The van der Waals surface area contributed by atoms with E-state index in [1.165, 1.54) is 18.1 Å². The highest BCUT2D eigenvalue weighted by molar-refractivity contribution is 6.31. The van der Waals surface area contributed by atoms with Gasteiger partial charge < -0.3 is 4.74 Å². The van der Waals surface area contributed by atoms with Crippen molar-refractivity contribution in [2.75, 3.05) is 0 Å². The zero-order valence-corrected chi connectivity index (χ0v) is 11.3. The van der Waals surface area contributed by atoms with Gasteiger partial charge in [0.1, 0.15) is 17.1 Å². The molecule has 0 saturated heterocycles. The minimum Gasteiger partial charge on any atom is -0.437 e. The third-order valence-electron chi connectivity index (χ3n) is 2.81. The lowest BCUT2D eigenvalue weighted by Gasteiger charge is -2.07. The molecule has 3 rings (SSSR count). The fraction of sp³-hybridized carbons (Fsp3) is 0. The Balaban J connectivity index is 1.82. The summed E-state index contributed by atoms with van der Waals surface area (Å²) in [5.41, 5.74) is 2.30. The average molecular weight is 283 g/mol. The van der Waals surface area contributed by atoms with Crippen LogP contribution in [-0.2, 0) is 0 Å². The fourth-order valence-corrected chi connectivity index (χ4v) is 1.98. The smallest absolute Gasteiger partial charge is 0.241 e. The summed E-state index contributed by atoms with van der Waals surface area (Å²) in [7, 11) is 0. The molecule has 0 fully saturated rings. The highest BCUT2D eigenvalue weighted by atomic mass is 35.5. The zero-order chi connectivity index (χ0) is 13.8. The first-order chi connectivity index (χ1) is 9.83. The molecule has 0 aliphatic heterocycles. The highest BCUT2D eigenvalue weighted by Crippen LogP contribution is 2.27. The summed E-state index contributed by atoms with van der Waals surface area (Å²) in [4.78, 5) is 7.81. The molecule has 3 nitrogen and oxygen atoms in total. The molecule has 1 heterocycles. The van der Waals surface area contributed by atoms with Gasteiger partial charge in [-0.2, -0.15) is 0 Å². The molecule has 0 unspecified atom stereocenters. The van der Waals surface area contributed by atoms with E-state index in [1.807, 2.05) is 42.5 Å². The first-order valence-corrected chi connectivity index (χ1v) is 6.49. The van der Waals surface area contributed by atoms with Crippen LogP contribution in [0.5, 0.6) is 11.6 Å². The molecule has 98 valence electrons. The second kappa shape index (κ2) is 5.72. The van der Waals surface area contributed by atoms with Crippen LogP contribution in [0.4, 0.5) is 0 Å². The Kier molecular flexibility index (Phi) is 3.61. The van der Waals surface area contributed by atoms with Crippen LogP contribution in [-0.4, -0.2) is 9.97 Å². The molecule has 2 aromatic carbocycles. The van der Waals surface area contributed by atoms with Crippen LogP contribution in [0.3, 0.4) is 0 Å². The highest BCUT2D eigenvalue weighted by Gasteiger charge is 2.04. The number of ether oxygens (including phenoxy) is 1. The molecule has 4 heteroatoms. The van der Waals surface area contributed by atoms with Crippen LogP contribution in [0.1, 0.15) is 0 Å². The summed E-state index contributed by atoms with van der Waals surface area (Å²) in [6.07, 6.45) is 2.90. The number of aromatic nitrogens is 2. The zero-order valence-electron chi connectivity index (χ0n) is 10.5. The molecule has 0 radical (unpaired) electrons. The summed E-state index contributed by atoms with van der Waals surface area (Å²) >= 11 is 5.95. The van der Waals surface area contributed by atoms with Gasteiger partial charge in [0.15, 0.2) is 0 Å². The maximum atomic E-state index is 5.95. The maximum absolute atomic E-state index is 5.95. The lowest BCUT2D eigenvalue weighted by Crippen LogP contribution is -1.89. The van der Waals surface area contributed by atoms with Gasteiger partial charge in [-0.15, -0.1) is 0 Å². The SMILES string of the molecule is Clc1cncnc1Oc1ccc(-c2ccccc2)cc1. The Bertz CT molecular complexity index is 699. The minimum absolute atomic E-state index is 0.356. The predicted molar refractivity (Wildman–Crippen MR) is 79.0 cm³/mol. The Morgan fingerprint density at radius 1 is 0.850 bits per heavy atom. The number of halogens is 1. The van der Waals surface area contributed by atoms with Crippen molar-refractivity contribution < 1.29 is 4.74 Å². The van der Waals surface area contributed by atoms with E-state index in [0.29, 0.717) is 16.7 Å². The molecular weight excluding hydrogens is 272 g/mol. The molecule has 0 amide bonds. The molecule has 0 N–H and O–H groups in total. The van der Waals surface area contributed by atoms with E-state index in [1.54, 1.807) is 0 Å². The van der Waals surface area contributed by atoms with Crippen molar-refractivity contribution in [3.63, 3.8) is 0 Å². The van der Waals surface area contributed by atoms with Gasteiger partial charge in [-0.1, -0.05) is 54.1 Å². The van der Waals surface area contributed by atoms with Crippen molar-refractivity contribution in [3.8, 4) is 22.8 Å².